The molecule has 176 valence electrons. The van der Waals surface area contributed by atoms with Crippen LogP contribution in [0.25, 0.3) is 22.5 Å². The number of carboxylic acids is 1. The number of aromatic nitrogens is 1. The fourth-order valence-corrected chi connectivity index (χ4v) is 4.54. The largest absolute Gasteiger partial charge is 0.481 e. The van der Waals surface area contributed by atoms with Crippen molar-refractivity contribution in [2.24, 2.45) is 0 Å². The molecule has 2 aromatic carbocycles. The number of aliphatic carboxylic acids is 1. The van der Waals surface area contributed by atoms with Crippen LogP contribution in [0.4, 0.5) is 4.39 Å². The molecule has 0 amide bonds. The highest BCUT2D eigenvalue weighted by Gasteiger charge is 2.23. The highest BCUT2D eigenvalue weighted by molar-refractivity contribution is 7.63. The third kappa shape index (κ3) is 6.61. The Morgan fingerprint density at radius 2 is 1.74 bits per heavy atom. The van der Waals surface area contributed by atoms with E-state index in [4.69, 9.17) is 10.1 Å². The lowest BCUT2D eigenvalue weighted by molar-refractivity contribution is -0.138. The average Bonchev–Trinajstić information content (AvgIpc) is 2.77. The highest BCUT2D eigenvalue weighted by atomic mass is 31.2. The third-order valence-corrected chi connectivity index (χ3v) is 6.46. The van der Waals surface area contributed by atoms with Crippen molar-refractivity contribution in [3.05, 3.63) is 77.6 Å². The van der Waals surface area contributed by atoms with Crippen molar-refractivity contribution in [2.45, 2.75) is 32.3 Å². The van der Waals surface area contributed by atoms with E-state index >= 15 is 0 Å². The second-order valence-electron chi connectivity index (χ2n) is 8.22. The normalized spacial score (nSPS) is 13.6. The first-order valence-corrected chi connectivity index (χ1v) is 12.5. The maximum absolute atomic E-state index is 13.6. The molecule has 0 radical (unpaired) electrons. The number of carboxylic acid groups (broad SMARTS) is 1. The summed E-state index contributed by atoms with van der Waals surface area (Å²) in [7, 11) is -4.17. The molecule has 1 heterocycles. The van der Waals surface area contributed by atoms with Crippen molar-refractivity contribution in [3.63, 3.8) is 0 Å². The van der Waals surface area contributed by atoms with Gasteiger partial charge in [-0.15, -0.1) is 0 Å². The van der Waals surface area contributed by atoms with E-state index in [-0.39, 0.29) is 5.92 Å². The molecule has 0 aliphatic rings. The van der Waals surface area contributed by atoms with Gasteiger partial charge in [-0.1, -0.05) is 50.1 Å². The quantitative estimate of drug-likeness (QED) is 0.320. The summed E-state index contributed by atoms with van der Waals surface area (Å²) in [4.78, 5) is 25.8. The Labute approximate surface area is 197 Å². The Balaban J connectivity index is 2.17. The first kappa shape index (κ1) is 25.3. The van der Waals surface area contributed by atoms with E-state index in [9.17, 15) is 23.7 Å². The van der Waals surface area contributed by atoms with E-state index in [0.717, 1.165) is 11.1 Å². The van der Waals surface area contributed by atoms with Crippen molar-refractivity contribution >= 4 is 13.3 Å². The number of carbonyl (C=O) groups is 1. The molecule has 0 saturated carbocycles. The molecular weight excluding hydrogens is 456 g/mol. The van der Waals surface area contributed by atoms with Gasteiger partial charge < -0.3 is 15.1 Å². The summed E-state index contributed by atoms with van der Waals surface area (Å²) in [5.74, 6) is 1.07. The minimum Gasteiger partial charge on any atom is -0.481 e. The zero-order chi connectivity index (χ0) is 24.9. The first-order valence-electron chi connectivity index (χ1n) is 10.7. The summed E-state index contributed by atoms with van der Waals surface area (Å²) in [6, 6.07) is 17.1. The molecule has 0 fully saturated rings. The van der Waals surface area contributed by atoms with E-state index in [0.29, 0.717) is 22.5 Å². The lowest BCUT2D eigenvalue weighted by atomic mass is 9.92. The Morgan fingerprint density at radius 3 is 2.32 bits per heavy atom. The topological polar surface area (TPSA) is 108 Å². The molecule has 3 aromatic rings. The number of aliphatic hydroxyl groups excluding tert-OH is 1. The predicted octanol–water partition coefficient (Wildman–Crippen LogP) is 5.09. The molecule has 0 aliphatic heterocycles. The maximum atomic E-state index is 13.6. The molecule has 1 aromatic heterocycles. The lowest BCUT2D eigenvalue weighted by Crippen LogP contribution is -2.17. The van der Waals surface area contributed by atoms with Crippen LogP contribution in [0.15, 0.2) is 60.7 Å². The molecule has 0 aliphatic carbocycles. The fourth-order valence-electron chi connectivity index (χ4n) is 3.47. The summed E-state index contributed by atoms with van der Waals surface area (Å²) in [5.41, 5.74) is 6.13. The molecule has 6 nitrogen and oxygen atoms in total. The van der Waals surface area contributed by atoms with Gasteiger partial charge >= 0.3 is 5.97 Å². The number of aliphatic hydroxyl groups is 1. The highest BCUT2D eigenvalue weighted by Crippen LogP contribution is 2.41. The van der Waals surface area contributed by atoms with Crippen molar-refractivity contribution in [1.82, 2.24) is 4.98 Å². The summed E-state index contributed by atoms with van der Waals surface area (Å²) >= 11 is 0. The van der Waals surface area contributed by atoms with Gasteiger partial charge in [-0.2, -0.15) is 0 Å². The van der Waals surface area contributed by atoms with E-state index in [1.807, 2.05) is 50.2 Å². The smallest absolute Gasteiger partial charge is 0.305 e. The maximum Gasteiger partial charge on any atom is 0.305 e. The molecule has 1 unspecified atom stereocenters. The van der Waals surface area contributed by atoms with Crippen LogP contribution in [-0.2, 0) is 9.36 Å². The Kier molecular flexibility index (Phi) is 8.01. The summed E-state index contributed by atoms with van der Waals surface area (Å²) in [6.45, 7) is 3.91. The van der Waals surface area contributed by atoms with Crippen LogP contribution in [0.1, 0.15) is 37.3 Å². The number of hydrogen-bond donors (Lipinski definition) is 3. The van der Waals surface area contributed by atoms with E-state index in [1.165, 1.54) is 12.1 Å². The number of halogens is 1. The monoisotopic (exact) mass is 481 g/mol. The van der Waals surface area contributed by atoms with Gasteiger partial charge in [0.25, 0.3) is 7.37 Å². The second kappa shape index (κ2) is 10.8. The van der Waals surface area contributed by atoms with Gasteiger partial charge in [-0.25, -0.2) is 9.37 Å². The first-order chi connectivity index (χ1) is 16.1. The molecular formula is C26H25FNO5P. The Bertz CT molecular complexity index is 1280. The van der Waals surface area contributed by atoms with Crippen LogP contribution < -0.4 is 0 Å². The SMILES string of the molecule is CC(C)c1cc(-c2ccccc2)nc(-c2ccc(F)cc2)c1C#CP(=O)(O)C[C@@H](O)CC(=O)O. The summed E-state index contributed by atoms with van der Waals surface area (Å²) in [5, 5.41) is 18.6. The summed E-state index contributed by atoms with van der Waals surface area (Å²) in [6.07, 6.45) is -2.81. The van der Waals surface area contributed by atoms with Gasteiger partial charge in [0.1, 0.15) is 5.82 Å². The molecule has 3 rings (SSSR count). The van der Waals surface area contributed by atoms with Crippen LogP contribution in [0.3, 0.4) is 0 Å². The standard InChI is InChI=1S/C26H25FNO5P/c1-17(2)23-15-24(18-6-4-3-5-7-18)28-26(19-8-10-20(27)11-9-19)22(23)12-13-34(32,33)16-21(29)14-25(30)31/h3-11,15,17,21,29H,14,16H2,1-2H3,(H,30,31)(H,32,33)/t21-/m0/s1. The van der Waals surface area contributed by atoms with Gasteiger partial charge in [0.05, 0.1) is 35.6 Å². The number of hydrogen-bond acceptors (Lipinski definition) is 4. The molecule has 3 N–H and O–H groups in total. The molecule has 34 heavy (non-hydrogen) atoms. The Hall–Kier alpha value is -3.30. The van der Waals surface area contributed by atoms with Gasteiger partial charge in [0.2, 0.25) is 0 Å². The van der Waals surface area contributed by atoms with E-state index in [1.54, 1.807) is 12.1 Å². The van der Waals surface area contributed by atoms with Crippen molar-refractivity contribution in [1.29, 1.82) is 0 Å². The average molecular weight is 481 g/mol. The lowest BCUT2D eigenvalue weighted by Gasteiger charge is -2.16. The fraction of sp³-hybridized carbons (Fsp3) is 0.231. The molecule has 0 bridgehead atoms. The molecule has 0 spiro atoms. The number of pyridine rings is 1. The van der Waals surface area contributed by atoms with Crippen molar-refractivity contribution in [3.8, 4) is 34.1 Å². The molecule has 2 atom stereocenters. The van der Waals surface area contributed by atoms with Crippen LogP contribution in [0.2, 0.25) is 0 Å². The minimum atomic E-state index is -4.17. The summed E-state index contributed by atoms with van der Waals surface area (Å²) < 4.78 is 26.2. The van der Waals surface area contributed by atoms with Crippen LogP contribution in [0, 0.1) is 17.4 Å². The number of benzene rings is 2. The van der Waals surface area contributed by atoms with Gasteiger partial charge in [0.15, 0.2) is 0 Å². The van der Waals surface area contributed by atoms with Crippen LogP contribution in [-0.4, -0.2) is 38.3 Å². The van der Waals surface area contributed by atoms with Crippen LogP contribution >= 0.6 is 7.37 Å². The van der Waals surface area contributed by atoms with Gasteiger partial charge in [-0.3, -0.25) is 9.36 Å². The van der Waals surface area contributed by atoms with E-state index < -0.39 is 37.8 Å². The molecule has 0 saturated heterocycles. The Morgan fingerprint density at radius 1 is 1.09 bits per heavy atom. The number of rotatable bonds is 7. The van der Waals surface area contributed by atoms with E-state index in [2.05, 4.69) is 11.6 Å². The second-order valence-corrected chi connectivity index (χ2v) is 10.2. The number of nitrogens with zero attached hydrogens (tertiary/aromatic N) is 1. The van der Waals surface area contributed by atoms with Gasteiger partial charge in [-0.05, 0) is 47.5 Å². The molecule has 8 heteroatoms. The minimum absolute atomic E-state index is 0.0235. The third-order valence-electron chi connectivity index (χ3n) is 5.08. The van der Waals surface area contributed by atoms with Crippen molar-refractivity contribution < 1.29 is 28.9 Å². The zero-order valence-corrected chi connectivity index (χ0v) is 19.7. The zero-order valence-electron chi connectivity index (χ0n) is 18.8. The van der Waals surface area contributed by atoms with Gasteiger partial charge in [0, 0.05) is 11.1 Å². The van der Waals surface area contributed by atoms with Crippen LogP contribution in [0.5, 0.6) is 0 Å². The predicted molar refractivity (Wildman–Crippen MR) is 129 cm³/mol. The van der Waals surface area contributed by atoms with Crippen molar-refractivity contribution in [2.75, 3.05) is 6.16 Å².